The van der Waals surface area contributed by atoms with Crippen LogP contribution in [0.2, 0.25) is 0 Å². The maximum absolute atomic E-state index is 5.52. The zero-order chi connectivity index (χ0) is 15.1. The van der Waals surface area contributed by atoms with Crippen LogP contribution in [-0.2, 0) is 6.42 Å². The Morgan fingerprint density at radius 1 is 1.15 bits per heavy atom. The molecule has 0 radical (unpaired) electrons. The molecule has 6 nitrogen and oxygen atoms in total. The lowest BCUT2D eigenvalue weighted by molar-refractivity contribution is 0.294. The summed E-state index contributed by atoms with van der Waals surface area (Å²) in [6.45, 7) is 13.6. The van der Waals surface area contributed by atoms with E-state index < -0.39 is 0 Å². The van der Waals surface area contributed by atoms with Gasteiger partial charge in [0, 0.05) is 24.6 Å². The van der Waals surface area contributed by atoms with E-state index in [-0.39, 0.29) is 0 Å². The summed E-state index contributed by atoms with van der Waals surface area (Å²) in [5.74, 6) is 7.87. The number of nitrogens with zero attached hydrogens (tertiary/aromatic N) is 3. The van der Waals surface area contributed by atoms with Gasteiger partial charge in [-0.05, 0) is 26.9 Å². The molecule has 1 unspecified atom stereocenters. The minimum Gasteiger partial charge on any atom is -0.366 e. The van der Waals surface area contributed by atoms with Crippen molar-refractivity contribution < 1.29 is 0 Å². The second kappa shape index (κ2) is 8.01. The van der Waals surface area contributed by atoms with Gasteiger partial charge in [0.2, 0.25) is 0 Å². The normalized spacial score (nSPS) is 12.6. The topological polar surface area (TPSA) is 79.1 Å². The van der Waals surface area contributed by atoms with Gasteiger partial charge in [0.25, 0.3) is 0 Å². The number of nitrogen functional groups attached to an aromatic ring is 1. The number of aryl methyl sites for hydroxylation is 1. The van der Waals surface area contributed by atoms with Gasteiger partial charge in [-0.15, -0.1) is 0 Å². The van der Waals surface area contributed by atoms with E-state index in [4.69, 9.17) is 5.84 Å². The first-order chi connectivity index (χ1) is 9.55. The maximum atomic E-state index is 5.52. The van der Waals surface area contributed by atoms with Crippen LogP contribution in [0.15, 0.2) is 0 Å². The monoisotopic (exact) mass is 280 g/mol. The SMILES string of the molecule is CCc1nc(NN)c(C)c(NC(C)CN(CC)CC)n1. The van der Waals surface area contributed by atoms with Crippen LogP contribution in [0.5, 0.6) is 0 Å². The average molecular weight is 280 g/mol. The lowest BCUT2D eigenvalue weighted by Gasteiger charge is -2.24. The third-order valence-corrected chi connectivity index (χ3v) is 3.45. The van der Waals surface area contributed by atoms with E-state index in [0.717, 1.165) is 43.3 Å². The van der Waals surface area contributed by atoms with E-state index in [0.29, 0.717) is 11.9 Å². The van der Waals surface area contributed by atoms with Gasteiger partial charge in [0.15, 0.2) is 0 Å². The van der Waals surface area contributed by atoms with Gasteiger partial charge in [-0.2, -0.15) is 0 Å². The van der Waals surface area contributed by atoms with Crippen LogP contribution in [0.1, 0.15) is 39.1 Å². The molecule has 0 aliphatic rings. The minimum atomic E-state index is 0.318. The smallest absolute Gasteiger partial charge is 0.148 e. The van der Waals surface area contributed by atoms with Crippen molar-refractivity contribution in [2.24, 2.45) is 5.84 Å². The van der Waals surface area contributed by atoms with Gasteiger partial charge >= 0.3 is 0 Å². The number of rotatable bonds is 8. The van der Waals surface area contributed by atoms with Crippen LogP contribution >= 0.6 is 0 Å². The van der Waals surface area contributed by atoms with Gasteiger partial charge in [-0.1, -0.05) is 20.8 Å². The van der Waals surface area contributed by atoms with E-state index in [1.807, 2.05) is 13.8 Å². The number of hydrazine groups is 1. The zero-order valence-corrected chi connectivity index (χ0v) is 13.3. The summed E-state index contributed by atoms with van der Waals surface area (Å²) in [7, 11) is 0. The molecule has 0 bridgehead atoms. The fourth-order valence-electron chi connectivity index (χ4n) is 2.15. The van der Waals surface area contributed by atoms with Crippen molar-refractivity contribution >= 4 is 11.6 Å². The minimum absolute atomic E-state index is 0.318. The maximum Gasteiger partial charge on any atom is 0.148 e. The number of hydrogen-bond donors (Lipinski definition) is 3. The van der Waals surface area contributed by atoms with E-state index in [1.54, 1.807) is 0 Å². The van der Waals surface area contributed by atoms with E-state index in [1.165, 1.54) is 0 Å². The quantitative estimate of drug-likeness (QED) is 0.497. The Bertz CT molecular complexity index is 416. The summed E-state index contributed by atoms with van der Waals surface area (Å²) in [4.78, 5) is 11.3. The zero-order valence-electron chi connectivity index (χ0n) is 13.3. The molecular weight excluding hydrogens is 252 g/mol. The lowest BCUT2D eigenvalue weighted by atomic mass is 10.2. The van der Waals surface area contributed by atoms with Gasteiger partial charge < -0.3 is 15.6 Å². The molecule has 6 heteroatoms. The van der Waals surface area contributed by atoms with E-state index >= 15 is 0 Å². The standard InChI is InChI=1S/C14H28N6/c1-6-12-17-13(11(5)14(18-12)19-15)16-10(4)9-20(7-2)8-3/h10H,6-9,15H2,1-5H3,(H2,16,17,18,19). The fourth-order valence-corrected chi connectivity index (χ4v) is 2.15. The molecule has 0 aromatic carbocycles. The molecule has 0 aliphatic carbocycles. The van der Waals surface area contributed by atoms with Crippen molar-refractivity contribution in [3.8, 4) is 0 Å². The Hall–Kier alpha value is -1.40. The molecule has 0 saturated carbocycles. The van der Waals surface area contributed by atoms with Crippen LogP contribution in [-0.4, -0.2) is 40.5 Å². The number of likely N-dealkylation sites (N-methyl/N-ethyl adjacent to an activating group) is 1. The first-order valence-corrected chi connectivity index (χ1v) is 7.38. The van der Waals surface area contributed by atoms with Crippen LogP contribution in [0.4, 0.5) is 11.6 Å². The second-order valence-corrected chi connectivity index (χ2v) is 4.99. The number of hydrogen-bond acceptors (Lipinski definition) is 6. The summed E-state index contributed by atoms with van der Waals surface area (Å²) in [5, 5.41) is 3.47. The van der Waals surface area contributed by atoms with Gasteiger partial charge in [0.1, 0.15) is 17.5 Å². The molecule has 0 amide bonds. The molecule has 1 heterocycles. The highest BCUT2D eigenvalue weighted by Crippen LogP contribution is 2.20. The predicted molar refractivity (Wildman–Crippen MR) is 84.8 cm³/mol. The molecule has 1 atom stereocenters. The molecule has 20 heavy (non-hydrogen) atoms. The van der Waals surface area contributed by atoms with Crippen molar-refractivity contribution in [3.63, 3.8) is 0 Å². The molecule has 1 aromatic heterocycles. The molecule has 0 aliphatic heterocycles. The number of aromatic nitrogens is 2. The third-order valence-electron chi connectivity index (χ3n) is 3.45. The van der Waals surface area contributed by atoms with E-state index in [2.05, 4.69) is 46.4 Å². The van der Waals surface area contributed by atoms with Gasteiger partial charge in [-0.3, -0.25) is 0 Å². The van der Waals surface area contributed by atoms with Crippen molar-refractivity contribution in [1.29, 1.82) is 0 Å². The Morgan fingerprint density at radius 3 is 2.25 bits per heavy atom. The Morgan fingerprint density at radius 2 is 1.75 bits per heavy atom. The Labute approximate surface area is 122 Å². The first-order valence-electron chi connectivity index (χ1n) is 7.38. The second-order valence-electron chi connectivity index (χ2n) is 4.99. The molecule has 114 valence electrons. The Kier molecular flexibility index (Phi) is 6.67. The largest absolute Gasteiger partial charge is 0.366 e. The molecule has 0 fully saturated rings. The fraction of sp³-hybridized carbons (Fsp3) is 0.714. The highest BCUT2D eigenvalue weighted by atomic mass is 15.3. The van der Waals surface area contributed by atoms with E-state index in [9.17, 15) is 0 Å². The van der Waals surface area contributed by atoms with Crippen LogP contribution in [0.3, 0.4) is 0 Å². The highest BCUT2D eigenvalue weighted by molar-refractivity contribution is 5.57. The highest BCUT2D eigenvalue weighted by Gasteiger charge is 2.13. The number of nitrogens with two attached hydrogens (primary N) is 1. The van der Waals surface area contributed by atoms with Crippen molar-refractivity contribution in [2.75, 3.05) is 30.4 Å². The summed E-state index contributed by atoms with van der Waals surface area (Å²) < 4.78 is 0. The molecule has 0 saturated heterocycles. The molecular formula is C14H28N6. The predicted octanol–water partition coefficient (Wildman–Crippen LogP) is 1.78. The van der Waals surface area contributed by atoms with Crippen molar-refractivity contribution in [2.45, 2.75) is 47.1 Å². The first kappa shape index (κ1) is 16.7. The van der Waals surface area contributed by atoms with Crippen molar-refractivity contribution in [1.82, 2.24) is 14.9 Å². The number of anilines is 2. The number of nitrogens with one attached hydrogen (secondary N) is 2. The van der Waals surface area contributed by atoms with Crippen LogP contribution in [0, 0.1) is 6.92 Å². The summed E-state index contributed by atoms with van der Waals surface area (Å²) >= 11 is 0. The molecule has 1 rings (SSSR count). The third kappa shape index (κ3) is 4.31. The molecule has 1 aromatic rings. The summed E-state index contributed by atoms with van der Waals surface area (Å²) in [6, 6.07) is 0.318. The van der Waals surface area contributed by atoms with Crippen LogP contribution < -0.4 is 16.6 Å². The lowest BCUT2D eigenvalue weighted by Crippen LogP contribution is -2.35. The summed E-state index contributed by atoms with van der Waals surface area (Å²) in [6.07, 6.45) is 0.786. The average Bonchev–Trinajstić information content (AvgIpc) is 2.46. The molecule has 0 spiro atoms. The molecule has 4 N–H and O–H groups in total. The van der Waals surface area contributed by atoms with Gasteiger partial charge in [0.05, 0.1) is 0 Å². The van der Waals surface area contributed by atoms with Gasteiger partial charge in [-0.25, -0.2) is 15.8 Å². The van der Waals surface area contributed by atoms with Crippen molar-refractivity contribution in [3.05, 3.63) is 11.4 Å². The summed E-state index contributed by atoms with van der Waals surface area (Å²) in [5.41, 5.74) is 3.60. The van der Waals surface area contributed by atoms with Crippen LogP contribution in [0.25, 0.3) is 0 Å². The Balaban J connectivity index is 2.85.